The molecule has 1 aromatic heterocycles. The third-order valence-electron chi connectivity index (χ3n) is 3.22. The molecule has 1 aromatic carbocycles. The van der Waals surface area contributed by atoms with E-state index in [0.29, 0.717) is 6.67 Å². The molecule has 0 amide bonds. The van der Waals surface area contributed by atoms with Crippen LogP contribution in [0.25, 0.3) is 0 Å². The number of nitrogens with one attached hydrogen (secondary N) is 1. The minimum absolute atomic E-state index is 0.685. The van der Waals surface area contributed by atoms with Crippen molar-refractivity contribution in [2.24, 2.45) is 0 Å². The summed E-state index contributed by atoms with van der Waals surface area (Å²) in [7, 11) is 2.07. The Balaban J connectivity index is 1.82. The van der Waals surface area contributed by atoms with Crippen LogP contribution in [0.4, 0.5) is 5.13 Å². The van der Waals surface area contributed by atoms with E-state index in [4.69, 9.17) is 17.0 Å². The molecular weight excluding hydrogens is 328 g/mol. The number of aromatic nitrogens is 2. The van der Waals surface area contributed by atoms with E-state index in [1.165, 1.54) is 16.9 Å². The van der Waals surface area contributed by atoms with Crippen LogP contribution in [-0.2, 0) is 18.0 Å². The standard InChI is InChI=1S/C16H24N4OS2/c1-3-21-11-7-10-17-15-18-20(16(22)23-15)13-19(2)12-14-8-5-4-6-9-14/h4-6,8-9H,3,7,10-13H2,1-2H3,(H,17,18). The molecular formula is C16H24N4OS2. The van der Waals surface area contributed by atoms with Crippen LogP contribution in [0.2, 0.25) is 0 Å². The van der Waals surface area contributed by atoms with E-state index in [0.717, 1.165) is 41.8 Å². The van der Waals surface area contributed by atoms with Gasteiger partial charge in [-0.05, 0) is 38.2 Å². The van der Waals surface area contributed by atoms with Crippen LogP contribution in [0, 0.1) is 3.95 Å². The van der Waals surface area contributed by atoms with Gasteiger partial charge in [0.05, 0.1) is 6.67 Å². The molecule has 0 aliphatic heterocycles. The van der Waals surface area contributed by atoms with Crippen LogP contribution >= 0.6 is 23.6 Å². The first-order valence-electron chi connectivity index (χ1n) is 7.81. The first-order chi connectivity index (χ1) is 11.2. The number of hydrogen-bond acceptors (Lipinski definition) is 6. The molecule has 0 spiro atoms. The highest BCUT2D eigenvalue weighted by Crippen LogP contribution is 2.15. The van der Waals surface area contributed by atoms with Gasteiger partial charge in [0.25, 0.3) is 0 Å². The van der Waals surface area contributed by atoms with Crippen molar-refractivity contribution < 1.29 is 4.74 Å². The molecule has 0 aliphatic rings. The normalized spacial score (nSPS) is 11.1. The predicted octanol–water partition coefficient (Wildman–Crippen LogP) is 3.60. The number of anilines is 1. The highest BCUT2D eigenvalue weighted by atomic mass is 32.1. The number of ether oxygens (including phenoxy) is 1. The maximum atomic E-state index is 5.40. The lowest BCUT2D eigenvalue weighted by molar-refractivity contribution is 0.147. The maximum absolute atomic E-state index is 5.40. The van der Waals surface area contributed by atoms with E-state index in [-0.39, 0.29) is 0 Å². The molecule has 23 heavy (non-hydrogen) atoms. The zero-order valence-electron chi connectivity index (χ0n) is 13.7. The molecule has 1 N–H and O–H groups in total. The van der Waals surface area contributed by atoms with E-state index >= 15 is 0 Å². The monoisotopic (exact) mass is 352 g/mol. The molecule has 126 valence electrons. The van der Waals surface area contributed by atoms with Crippen LogP contribution in [0.15, 0.2) is 30.3 Å². The minimum Gasteiger partial charge on any atom is -0.382 e. The Kier molecular flexibility index (Phi) is 7.67. The Morgan fingerprint density at radius 1 is 1.35 bits per heavy atom. The fourth-order valence-corrected chi connectivity index (χ4v) is 3.17. The number of rotatable bonds is 10. The zero-order chi connectivity index (χ0) is 16.5. The van der Waals surface area contributed by atoms with Gasteiger partial charge in [-0.1, -0.05) is 41.7 Å². The molecule has 0 aliphatic carbocycles. The number of nitrogens with zero attached hydrogens (tertiary/aromatic N) is 3. The molecule has 2 rings (SSSR count). The Hall–Kier alpha value is -1.28. The van der Waals surface area contributed by atoms with Crippen molar-refractivity contribution in [3.63, 3.8) is 0 Å². The van der Waals surface area contributed by atoms with Crippen molar-refractivity contribution in [3.8, 4) is 0 Å². The van der Waals surface area contributed by atoms with Crippen molar-refractivity contribution in [2.75, 3.05) is 32.1 Å². The van der Waals surface area contributed by atoms with Crippen molar-refractivity contribution in [1.82, 2.24) is 14.7 Å². The number of benzene rings is 1. The average molecular weight is 353 g/mol. The fourth-order valence-electron chi connectivity index (χ4n) is 2.15. The van der Waals surface area contributed by atoms with Gasteiger partial charge in [0.2, 0.25) is 5.13 Å². The van der Waals surface area contributed by atoms with E-state index in [2.05, 4.69) is 46.6 Å². The lowest BCUT2D eigenvalue weighted by atomic mass is 10.2. The van der Waals surface area contributed by atoms with Crippen LogP contribution in [-0.4, -0.2) is 41.5 Å². The second kappa shape index (κ2) is 9.77. The first kappa shape index (κ1) is 18.1. The van der Waals surface area contributed by atoms with Crippen molar-refractivity contribution >= 4 is 28.7 Å². The molecule has 0 fully saturated rings. The third kappa shape index (κ3) is 6.39. The van der Waals surface area contributed by atoms with E-state index < -0.39 is 0 Å². The highest BCUT2D eigenvalue weighted by molar-refractivity contribution is 7.73. The molecule has 0 saturated carbocycles. The van der Waals surface area contributed by atoms with Gasteiger partial charge in [-0.25, -0.2) is 4.68 Å². The summed E-state index contributed by atoms with van der Waals surface area (Å²) in [6.07, 6.45) is 0.966. The van der Waals surface area contributed by atoms with E-state index in [9.17, 15) is 0 Å². The van der Waals surface area contributed by atoms with Crippen molar-refractivity contribution in [2.45, 2.75) is 26.6 Å². The Morgan fingerprint density at radius 3 is 2.87 bits per heavy atom. The van der Waals surface area contributed by atoms with E-state index in [1.807, 2.05) is 17.7 Å². The summed E-state index contributed by atoms with van der Waals surface area (Å²) in [6.45, 7) is 5.95. The van der Waals surface area contributed by atoms with Crippen LogP contribution in [0.5, 0.6) is 0 Å². The topological polar surface area (TPSA) is 42.3 Å². The fraction of sp³-hybridized carbons (Fsp3) is 0.500. The smallest absolute Gasteiger partial charge is 0.204 e. The molecule has 0 bridgehead atoms. The van der Waals surface area contributed by atoms with Gasteiger partial charge >= 0.3 is 0 Å². The van der Waals surface area contributed by atoms with Gasteiger partial charge in [0.15, 0.2) is 3.95 Å². The third-order valence-corrected chi connectivity index (χ3v) is 4.49. The first-order valence-corrected chi connectivity index (χ1v) is 9.03. The predicted molar refractivity (Wildman–Crippen MR) is 98.4 cm³/mol. The molecule has 2 aromatic rings. The minimum atomic E-state index is 0.685. The lowest BCUT2D eigenvalue weighted by Gasteiger charge is -2.16. The highest BCUT2D eigenvalue weighted by Gasteiger charge is 2.06. The quantitative estimate of drug-likeness (QED) is 0.523. The second-order valence-electron chi connectivity index (χ2n) is 5.29. The molecule has 0 atom stereocenters. The van der Waals surface area contributed by atoms with Crippen LogP contribution < -0.4 is 5.32 Å². The summed E-state index contributed by atoms with van der Waals surface area (Å²) in [6, 6.07) is 10.4. The molecule has 0 radical (unpaired) electrons. The summed E-state index contributed by atoms with van der Waals surface area (Å²) < 4.78 is 7.98. The summed E-state index contributed by atoms with van der Waals surface area (Å²) in [5, 5.41) is 8.73. The summed E-state index contributed by atoms with van der Waals surface area (Å²) in [4.78, 5) is 2.20. The van der Waals surface area contributed by atoms with Gasteiger partial charge in [0, 0.05) is 26.3 Å². The Labute approximate surface area is 146 Å². The SMILES string of the molecule is CCOCCCNc1nn(CN(C)Cc2ccccc2)c(=S)s1. The average Bonchev–Trinajstić information content (AvgIpc) is 2.88. The van der Waals surface area contributed by atoms with Crippen molar-refractivity contribution in [1.29, 1.82) is 0 Å². The molecule has 7 heteroatoms. The molecule has 0 unspecified atom stereocenters. The summed E-state index contributed by atoms with van der Waals surface area (Å²) >= 11 is 6.92. The van der Waals surface area contributed by atoms with Gasteiger partial charge in [-0.2, -0.15) is 0 Å². The molecule has 1 heterocycles. The van der Waals surface area contributed by atoms with Crippen molar-refractivity contribution in [3.05, 3.63) is 39.8 Å². The molecule has 0 saturated heterocycles. The number of hydrogen-bond donors (Lipinski definition) is 1. The van der Waals surface area contributed by atoms with Gasteiger partial charge in [0.1, 0.15) is 0 Å². The van der Waals surface area contributed by atoms with Gasteiger partial charge in [-0.3, -0.25) is 4.90 Å². The van der Waals surface area contributed by atoms with Gasteiger partial charge < -0.3 is 10.1 Å². The van der Waals surface area contributed by atoms with Gasteiger partial charge in [-0.15, -0.1) is 5.10 Å². The summed E-state index contributed by atoms with van der Waals surface area (Å²) in [5.41, 5.74) is 1.28. The maximum Gasteiger partial charge on any atom is 0.204 e. The summed E-state index contributed by atoms with van der Waals surface area (Å²) in [5.74, 6) is 0. The van der Waals surface area contributed by atoms with Crippen LogP contribution in [0.3, 0.4) is 0 Å². The zero-order valence-corrected chi connectivity index (χ0v) is 15.3. The largest absolute Gasteiger partial charge is 0.382 e. The lowest BCUT2D eigenvalue weighted by Crippen LogP contribution is -2.22. The van der Waals surface area contributed by atoms with E-state index in [1.54, 1.807) is 0 Å². The Morgan fingerprint density at radius 2 is 2.13 bits per heavy atom. The Bertz CT molecular complexity index is 627. The van der Waals surface area contributed by atoms with Crippen LogP contribution in [0.1, 0.15) is 18.9 Å². The second-order valence-corrected chi connectivity index (χ2v) is 6.91. The molecule has 5 nitrogen and oxygen atoms in total.